The highest BCUT2D eigenvalue weighted by Gasteiger charge is 2.36. The van der Waals surface area contributed by atoms with Crippen molar-refractivity contribution in [2.45, 2.75) is 25.5 Å². The molecule has 25 heavy (non-hydrogen) atoms. The number of β-amino-alcohol motifs (C(OH)–C–C–N with tert-alkyl or cyclic N) is 1. The summed E-state index contributed by atoms with van der Waals surface area (Å²) in [6.45, 7) is 2.11. The maximum absolute atomic E-state index is 13.1. The maximum atomic E-state index is 13.1. The number of likely N-dealkylation sites (tertiary alicyclic amines) is 1. The van der Waals surface area contributed by atoms with Crippen LogP contribution in [0.25, 0.3) is 0 Å². The van der Waals surface area contributed by atoms with Crippen LogP contribution in [0.2, 0.25) is 0 Å². The minimum atomic E-state index is -0.557. The summed E-state index contributed by atoms with van der Waals surface area (Å²) in [7, 11) is 1.60. The van der Waals surface area contributed by atoms with E-state index in [0.717, 1.165) is 16.9 Å². The predicted molar refractivity (Wildman–Crippen MR) is 93.3 cm³/mol. The van der Waals surface area contributed by atoms with Crippen LogP contribution in [0.1, 0.15) is 39.5 Å². The minimum Gasteiger partial charge on any atom is -0.497 e. The van der Waals surface area contributed by atoms with Gasteiger partial charge in [-0.25, -0.2) is 0 Å². The molecule has 1 saturated heterocycles. The molecule has 1 N–H and O–H groups in total. The molecule has 0 aliphatic carbocycles. The molecule has 1 aliphatic rings. The van der Waals surface area contributed by atoms with E-state index in [2.05, 4.69) is 6.07 Å². The van der Waals surface area contributed by atoms with Crippen LogP contribution in [0.3, 0.4) is 0 Å². The molecule has 0 aromatic heterocycles. The molecule has 128 valence electrons. The van der Waals surface area contributed by atoms with Gasteiger partial charge in [-0.3, -0.25) is 4.79 Å². The standard InChI is InChI=1S/C20H20N2O3/c1-13-8-14(11-21)6-7-18(13)20(24)22-12-16(23)10-19(22)15-4-3-5-17(9-15)25-2/h3-9,16,19,23H,10,12H2,1-2H3. The Morgan fingerprint density at radius 2 is 2.12 bits per heavy atom. The molecule has 0 radical (unpaired) electrons. The van der Waals surface area contributed by atoms with Crippen LogP contribution in [0.15, 0.2) is 42.5 Å². The number of aliphatic hydroxyl groups is 1. The Balaban J connectivity index is 1.94. The first-order valence-corrected chi connectivity index (χ1v) is 8.17. The van der Waals surface area contributed by atoms with Crippen molar-refractivity contribution in [3.8, 4) is 11.8 Å². The number of nitrogens with zero attached hydrogens (tertiary/aromatic N) is 2. The summed E-state index contributed by atoms with van der Waals surface area (Å²) in [6.07, 6.45) is -0.0624. The molecule has 0 bridgehead atoms. The van der Waals surface area contributed by atoms with E-state index in [9.17, 15) is 9.90 Å². The highest BCUT2D eigenvalue weighted by Crippen LogP contribution is 2.35. The Bertz CT molecular complexity index is 841. The van der Waals surface area contributed by atoms with Crippen LogP contribution in [-0.4, -0.2) is 35.7 Å². The third-order valence-electron chi connectivity index (χ3n) is 4.60. The van der Waals surface area contributed by atoms with Gasteiger partial charge in [0, 0.05) is 12.1 Å². The van der Waals surface area contributed by atoms with Crippen molar-refractivity contribution in [3.05, 3.63) is 64.7 Å². The van der Waals surface area contributed by atoms with Crippen LogP contribution in [0.5, 0.6) is 5.75 Å². The fraction of sp³-hybridized carbons (Fsp3) is 0.300. The molecule has 2 aromatic rings. The summed E-state index contributed by atoms with van der Waals surface area (Å²) in [6, 6.07) is 14.5. The SMILES string of the molecule is COc1cccc(C2CC(O)CN2C(=O)c2ccc(C#N)cc2C)c1. The van der Waals surface area contributed by atoms with E-state index in [4.69, 9.17) is 10.00 Å². The average Bonchev–Trinajstić information content (AvgIpc) is 3.03. The van der Waals surface area contributed by atoms with E-state index in [1.165, 1.54) is 0 Å². The quantitative estimate of drug-likeness (QED) is 0.935. The number of ether oxygens (including phenoxy) is 1. The lowest BCUT2D eigenvalue weighted by Gasteiger charge is -2.26. The van der Waals surface area contributed by atoms with Crippen molar-refractivity contribution in [2.75, 3.05) is 13.7 Å². The van der Waals surface area contributed by atoms with Gasteiger partial charge in [0.05, 0.1) is 30.9 Å². The monoisotopic (exact) mass is 336 g/mol. The van der Waals surface area contributed by atoms with Gasteiger partial charge in [-0.2, -0.15) is 5.26 Å². The summed E-state index contributed by atoms with van der Waals surface area (Å²) < 4.78 is 5.27. The summed E-state index contributed by atoms with van der Waals surface area (Å²) in [5, 5.41) is 19.1. The third-order valence-corrected chi connectivity index (χ3v) is 4.60. The average molecular weight is 336 g/mol. The molecule has 0 saturated carbocycles. The molecule has 2 aromatic carbocycles. The number of amides is 1. The summed E-state index contributed by atoms with van der Waals surface area (Å²) in [4.78, 5) is 14.8. The maximum Gasteiger partial charge on any atom is 0.254 e. The summed E-state index contributed by atoms with van der Waals surface area (Å²) in [5.41, 5.74) is 2.78. The van der Waals surface area contributed by atoms with Gasteiger partial charge < -0.3 is 14.7 Å². The van der Waals surface area contributed by atoms with Crippen LogP contribution in [0.4, 0.5) is 0 Å². The number of carbonyl (C=O) groups is 1. The smallest absolute Gasteiger partial charge is 0.254 e. The predicted octanol–water partition coefficient (Wildman–Crippen LogP) is 2.82. The van der Waals surface area contributed by atoms with Gasteiger partial charge in [-0.1, -0.05) is 12.1 Å². The van der Waals surface area contributed by atoms with Crippen LogP contribution >= 0.6 is 0 Å². The first-order valence-electron chi connectivity index (χ1n) is 8.17. The largest absolute Gasteiger partial charge is 0.497 e. The second kappa shape index (κ2) is 6.96. The lowest BCUT2D eigenvalue weighted by atomic mass is 10.0. The highest BCUT2D eigenvalue weighted by molar-refractivity contribution is 5.96. The number of aliphatic hydroxyl groups excluding tert-OH is 1. The first-order chi connectivity index (χ1) is 12.0. The number of rotatable bonds is 3. The number of aryl methyl sites for hydroxylation is 1. The van der Waals surface area contributed by atoms with Crippen molar-refractivity contribution < 1.29 is 14.6 Å². The molecule has 1 aliphatic heterocycles. The van der Waals surface area contributed by atoms with E-state index < -0.39 is 6.10 Å². The van der Waals surface area contributed by atoms with E-state index in [1.54, 1.807) is 30.2 Å². The molecule has 3 rings (SSSR count). The van der Waals surface area contributed by atoms with Gasteiger partial charge in [-0.15, -0.1) is 0 Å². The zero-order valence-corrected chi connectivity index (χ0v) is 14.3. The second-order valence-electron chi connectivity index (χ2n) is 6.28. The van der Waals surface area contributed by atoms with E-state index in [0.29, 0.717) is 24.1 Å². The molecule has 5 heteroatoms. The number of hydrogen-bond donors (Lipinski definition) is 1. The Morgan fingerprint density at radius 3 is 2.80 bits per heavy atom. The Hall–Kier alpha value is -2.84. The minimum absolute atomic E-state index is 0.133. The molecule has 1 amide bonds. The summed E-state index contributed by atoms with van der Waals surface area (Å²) in [5.74, 6) is 0.590. The topological polar surface area (TPSA) is 73.6 Å². The van der Waals surface area contributed by atoms with Gasteiger partial charge in [0.15, 0.2) is 0 Å². The van der Waals surface area contributed by atoms with E-state index in [-0.39, 0.29) is 11.9 Å². The molecule has 0 spiro atoms. The van der Waals surface area contributed by atoms with Crippen molar-refractivity contribution in [1.29, 1.82) is 5.26 Å². The zero-order valence-electron chi connectivity index (χ0n) is 14.3. The molecule has 2 atom stereocenters. The van der Waals surface area contributed by atoms with Gasteiger partial charge in [0.1, 0.15) is 5.75 Å². The lowest BCUT2D eigenvalue weighted by Crippen LogP contribution is -2.32. The Labute approximate surface area is 147 Å². The van der Waals surface area contributed by atoms with E-state index >= 15 is 0 Å². The van der Waals surface area contributed by atoms with Crippen LogP contribution in [-0.2, 0) is 0 Å². The number of nitriles is 1. The van der Waals surface area contributed by atoms with E-state index in [1.807, 2.05) is 31.2 Å². The fourth-order valence-corrected chi connectivity index (χ4v) is 3.33. The van der Waals surface area contributed by atoms with Crippen molar-refractivity contribution in [3.63, 3.8) is 0 Å². The molecule has 5 nitrogen and oxygen atoms in total. The van der Waals surface area contributed by atoms with Gasteiger partial charge in [0.25, 0.3) is 5.91 Å². The number of carbonyl (C=O) groups excluding carboxylic acids is 1. The number of hydrogen-bond acceptors (Lipinski definition) is 4. The Kier molecular flexibility index (Phi) is 4.73. The fourth-order valence-electron chi connectivity index (χ4n) is 3.33. The number of methoxy groups -OCH3 is 1. The third kappa shape index (κ3) is 3.35. The van der Waals surface area contributed by atoms with Crippen molar-refractivity contribution >= 4 is 5.91 Å². The van der Waals surface area contributed by atoms with Gasteiger partial charge >= 0.3 is 0 Å². The molecule has 2 unspecified atom stereocenters. The molecular formula is C20H20N2O3. The lowest BCUT2D eigenvalue weighted by molar-refractivity contribution is 0.0715. The van der Waals surface area contributed by atoms with Gasteiger partial charge in [0.2, 0.25) is 0 Å². The van der Waals surface area contributed by atoms with Gasteiger partial charge in [-0.05, 0) is 54.8 Å². The second-order valence-corrected chi connectivity index (χ2v) is 6.28. The van der Waals surface area contributed by atoms with Crippen LogP contribution in [0, 0.1) is 18.3 Å². The normalized spacial score (nSPS) is 19.5. The molecule has 1 fully saturated rings. The Morgan fingerprint density at radius 1 is 1.32 bits per heavy atom. The zero-order chi connectivity index (χ0) is 18.0. The highest BCUT2D eigenvalue weighted by atomic mass is 16.5. The van der Waals surface area contributed by atoms with Crippen molar-refractivity contribution in [1.82, 2.24) is 4.90 Å². The van der Waals surface area contributed by atoms with Crippen molar-refractivity contribution in [2.24, 2.45) is 0 Å². The summed E-state index contributed by atoms with van der Waals surface area (Å²) >= 11 is 0. The first kappa shape index (κ1) is 17.0. The molecule has 1 heterocycles. The molecular weight excluding hydrogens is 316 g/mol. The van der Waals surface area contributed by atoms with Crippen LogP contribution < -0.4 is 4.74 Å². The number of benzene rings is 2.